The number of ether oxygens (including phenoxy) is 1. The summed E-state index contributed by atoms with van der Waals surface area (Å²) in [5.74, 6) is 0. The molecule has 0 heterocycles. The Morgan fingerprint density at radius 3 is 2.92 bits per heavy atom. The van der Waals surface area contributed by atoms with Crippen molar-refractivity contribution >= 4 is 0 Å². The molecule has 1 aliphatic carbocycles. The molecule has 13 heavy (non-hydrogen) atoms. The van der Waals surface area contributed by atoms with Gasteiger partial charge < -0.3 is 4.74 Å². The van der Waals surface area contributed by atoms with Crippen LogP contribution in [0.3, 0.4) is 0 Å². The summed E-state index contributed by atoms with van der Waals surface area (Å²) in [6.45, 7) is 4.09. The van der Waals surface area contributed by atoms with Gasteiger partial charge in [-0.3, -0.25) is 0 Å². The van der Waals surface area contributed by atoms with Crippen molar-refractivity contribution in [2.24, 2.45) is 0 Å². The molecule has 0 saturated heterocycles. The Kier molecular flexibility index (Phi) is 5.92. The number of unbranched alkanes of at least 4 members (excludes halogenated alkanes) is 1. The molecule has 0 atom stereocenters. The first-order chi connectivity index (χ1) is 6.43. The summed E-state index contributed by atoms with van der Waals surface area (Å²) in [5.41, 5.74) is 1.63. The summed E-state index contributed by atoms with van der Waals surface area (Å²) in [5, 5.41) is 0. The van der Waals surface area contributed by atoms with E-state index in [1.54, 1.807) is 5.57 Å². The minimum atomic E-state index is 0.936. The van der Waals surface area contributed by atoms with Crippen LogP contribution >= 0.6 is 0 Å². The van der Waals surface area contributed by atoms with Crippen LogP contribution in [0.5, 0.6) is 0 Å². The first-order valence-electron chi connectivity index (χ1n) is 5.69. The zero-order valence-electron chi connectivity index (χ0n) is 8.85. The van der Waals surface area contributed by atoms with E-state index in [4.69, 9.17) is 4.74 Å². The van der Waals surface area contributed by atoms with Crippen LogP contribution in [-0.4, -0.2) is 13.2 Å². The fourth-order valence-electron chi connectivity index (χ4n) is 1.68. The molecule has 0 radical (unpaired) electrons. The molecule has 0 saturated carbocycles. The van der Waals surface area contributed by atoms with Gasteiger partial charge in [-0.1, -0.05) is 25.0 Å². The van der Waals surface area contributed by atoms with E-state index >= 15 is 0 Å². The standard InChI is InChI=1S/C12H22O/c1-2-3-10-13-11-9-12-7-5-4-6-8-12/h7H,2-6,8-11H2,1H3. The highest BCUT2D eigenvalue weighted by Crippen LogP contribution is 2.19. The van der Waals surface area contributed by atoms with Crippen LogP contribution in [0.15, 0.2) is 11.6 Å². The molecule has 0 aromatic heterocycles. The van der Waals surface area contributed by atoms with Crippen molar-refractivity contribution in [3.63, 3.8) is 0 Å². The lowest BCUT2D eigenvalue weighted by Gasteiger charge is -2.12. The van der Waals surface area contributed by atoms with Crippen LogP contribution in [0.1, 0.15) is 51.9 Å². The van der Waals surface area contributed by atoms with Crippen LogP contribution in [0, 0.1) is 0 Å². The van der Waals surface area contributed by atoms with Crippen LogP contribution < -0.4 is 0 Å². The minimum Gasteiger partial charge on any atom is -0.381 e. The van der Waals surface area contributed by atoms with Gasteiger partial charge >= 0.3 is 0 Å². The van der Waals surface area contributed by atoms with E-state index in [1.165, 1.54) is 44.9 Å². The predicted molar refractivity (Wildman–Crippen MR) is 56.9 cm³/mol. The topological polar surface area (TPSA) is 9.23 Å². The number of rotatable bonds is 6. The fourth-order valence-corrected chi connectivity index (χ4v) is 1.68. The highest BCUT2D eigenvalue weighted by molar-refractivity contribution is 5.04. The third-order valence-electron chi connectivity index (χ3n) is 2.59. The van der Waals surface area contributed by atoms with Gasteiger partial charge in [-0.15, -0.1) is 0 Å². The van der Waals surface area contributed by atoms with E-state index in [0.29, 0.717) is 0 Å². The average Bonchev–Trinajstić information content (AvgIpc) is 2.19. The van der Waals surface area contributed by atoms with Crippen LogP contribution in [-0.2, 0) is 4.74 Å². The van der Waals surface area contributed by atoms with Gasteiger partial charge in [0.05, 0.1) is 6.61 Å². The summed E-state index contributed by atoms with van der Waals surface area (Å²) in [4.78, 5) is 0. The summed E-state index contributed by atoms with van der Waals surface area (Å²) in [6.07, 6.45) is 11.4. The maximum atomic E-state index is 5.54. The lowest BCUT2D eigenvalue weighted by Crippen LogP contribution is -2.00. The third kappa shape index (κ3) is 5.09. The van der Waals surface area contributed by atoms with Gasteiger partial charge in [0.25, 0.3) is 0 Å². The van der Waals surface area contributed by atoms with Crippen molar-refractivity contribution in [2.45, 2.75) is 51.9 Å². The molecule has 0 spiro atoms. The molecule has 0 aromatic rings. The number of hydrogen-bond donors (Lipinski definition) is 0. The third-order valence-corrected chi connectivity index (χ3v) is 2.59. The zero-order chi connectivity index (χ0) is 9.36. The molecular weight excluding hydrogens is 160 g/mol. The van der Waals surface area contributed by atoms with E-state index < -0.39 is 0 Å². The fraction of sp³-hybridized carbons (Fsp3) is 0.833. The molecule has 1 nitrogen and oxygen atoms in total. The molecule has 0 aliphatic heterocycles. The number of hydrogen-bond acceptors (Lipinski definition) is 1. The molecule has 76 valence electrons. The minimum absolute atomic E-state index is 0.936. The monoisotopic (exact) mass is 182 g/mol. The van der Waals surface area contributed by atoms with E-state index in [9.17, 15) is 0 Å². The Morgan fingerprint density at radius 2 is 2.23 bits per heavy atom. The van der Waals surface area contributed by atoms with Crippen LogP contribution in [0.4, 0.5) is 0 Å². The smallest absolute Gasteiger partial charge is 0.0503 e. The zero-order valence-corrected chi connectivity index (χ0v) is 8.85. The van der Waals surface area contributed by atoms with Gasteiger partial charge in [-0.25, -0.2) is 0 Å². The Balaban J connectivity index is 1.95. The second-order valence-corrected chi connectivity index (χ2v) is 3.82. The highest BCUT2D eigenvalue weighted by Gasteiger charge is 2.02. The highest BCUT2D eigenvalue weighted by atomic mass is 16.5. The lowest BCUT2D eigenvalue weighted by molar-refractivity contribution is 0.133. The van der Waals surface area contributed by atoms with Gasteiger partial charge in [0, 0.05) is 6.61 Å². The molecule has 0 amide bonds. The Hall–Kier alpha value is -0.300. The lowest BCUT2D eigenvalue weighted by atomic mass is 9.98. The van der Waals surface area contributed by atoms with Crippen molar-refractivity contribution in [1.29, 1.82) is 0 Å². The molecule has 0 unspecified atom stereocenters. The van der Waals surface area contributed by atoms with Gasteiger partial charge in [0.15, 0.2) is 0 Å². The maximum Gasteiger partial charge on any atom is 0.0503 e. The SMILES string of the molecule is CCCCOCCC1=CCCCC1. The molecular formula is C12H22O. The number of allylic oxidation sites excluding steroid dienone is 1. The van der Waals surface area contributed by atoms with Gasteiger partial charge in [0.2, 0.25) is 0 Å². The van der Waals surface area contributed by atoms with Gasteiger partial charge in [0.1, 0.15) is 0 Å². The normalized spacial score (nSPS) is 17.2. The van der Waals surface area contributed by atoms with Crippen molar-refractivity contribution in [1.82, 2.24) is 0 Å². The Labute approximate surface area is 82.2 Å². The molecule has 0 aromatic carbocycles. The van der Waals surface area contributed by atoms with Crippen molar-refractivity contribution in [2.75, 3.05) is 13.2 Å². The summed E-state index contributed by atoms with van der Waals surface area (Å²) in [6, 6.07) is 0. The largest absolute Gasteiger partial charge is 0.381 e. The van der Waals surface area contributed by atoms with Gasteiger partial charge in [-0.05, 0) is 38.5 Å². The molecule has 1 rings (SSSR count). The first kappa shape index (κ1) is 10.8. The summed E-state index contributed by atoms with van der Waals surface area (Å²) < 4.78 is 5.54. The molecule has 1 heteroatoms. The molecule has 0 bridgehead atoms. The van der Waals surface area contributed by atoms with E-state index in [1.807, 2.05) is 0 Å². The average molecular weight is 182 g/mol. The Morgan fingerprint density at radius 1 is 1.31 bits per heavy atom. The van der Waals surface area contributed by atoms with Gasteiger partial charge in [-0.2, -0.15) is 0 Å². The van der Waals surface area contributed by atoms with Crippen LogP contribution in [0.2, 0.25) is 0 Å². The summed E-state index contributed by atoms with van der Waals surface area (Å²) in [7, 11) is 0. The van der Waals surface area contributed by atoms with E-state index in [-0.39, 0.29) is 0 Å². The van der Waals surface area contributed by atoms with Crippen molar-refractivity contribution in [3.05, 3.63) is 11.6 Å². The quantitative estimate of drug-likeness (QED) is 0.449. The van der Waals surface area contributed by atoms with Crippen molar-refractivity contribution in [3.8, 4) is 0 Å². The predicted octanol–water partition coefficient (Wildman–Crippen LogP) is 3.69. The second kappa shape index (κ2) is 7.14. The van der Waals surface area contributed by atoms with Crippen molar-refractivity contribution < 1.29 is 4.74 Å². The van der Waals surface area contributed by atoms with Crippen LogP contribution in [0.25, 0.3) is 0 Å². The van der Waals surface area contributed by atoms with E-state index in [0.717, 1.165) is 13.2 Å². The molecule has 1 aliphatic rings. The molecule has 0 N–H and O–H groups in total. The molecule has 0 fully saturated rings. The Bertz CT molecular complexity index is 149. The maximum absolute atomic E-state index is 5.54. The second-order valence-electron chi connectivity index (χ2n) is 3.82. The summed E-state index contributed by atoms with van der Waals surface area (Å²) >= 11 is 0. The first-order valence-corrected chi connectivity index (χ1v) is 5.69. The van der Waals surface area contributed by atoms with E-state index in [2.05, 4.69) is 13.0 Å².